The van der Waals surface area contributed by atoms with E-state index >= 15 is 0 Å². The molecule has 0 amide bonds. The third-order valence-corrected chi connectivity index (χ3v) is 2.25. The van der Waals surface area contributed by atoms with E-state index in [9.17, 15) is 5.11 Å². The van der Waals surface area contributed by atoms with Crippen molar-refractivity contribution in [3.05, 3.63) is 0 Å². The second kappa shape index (κ2) is 5.54. The predicted molar refractivity (Wildman–Crippen MR) is 53.1 cm³/mol. The van der Waals surface area contributed by atoms with Crippen molar-refractivity contribution in [3.8, 4) is 0 Å². The SMILES string of the molecule is CC(C)(N)C(O)C(CCN)CCO. The minimum Gasteiger partial charge on any atom is -0.396 e. The monoisotopic (exact) mass is 190 g/mol. The first-order valence-electron chi connectivity index (χ1n) is 4.71. The molecule has 0 rings (SSSR count). The number of aliphatic hydroxyl groups excluding tert-OH is 2. The first-order chi connectivity index (χ1) is 5.93. The maximum atomic E-state index is 9.82. The van der Waals surface area contributed by atoms with Gasteiger partial charge in [0.1, 0.15) is 0 Å². The van der Waals surface area contributed by atoms with Gasteiger partial charge in [-0.25, -0.2) is 0 Å². The molecule has 0 saturated carbocycles. The molecule has 0 saturated heterocycles. The second-order valence-electron chi connectivity index (χ2n) is 4.12. The zero-order valence-electron chi connectivity index (χ0n) is 8.53. The summed E-state index contributed by atoms with van der Waals surface area (Å²) in [7, 11) is 0. The Morgan fingerprint density at radius 2 is 1.85 bits per heavy atom. The molecule has 0 radical (unpaired) electrons. The Bertz CT molecular complexity index is 128. The lowest BCUT2D eigenvalue weighted by atomic mass is 9.84. The van der Waals surface area contributed by atoms with Crippen molar-refractivity contribution in [3.63, 3.8) is 0 Å². The lowest BCUT2D eigenvalue weighted by molar-refractivity contribution is 0.0330. The molecule has 6 N–H and O–H groups in total. The average Bonchev–Trinajstić information content (AvgIpc) is 2.01. The van der Waals surface area contributed by atoms with Gasteiger partial charge in [0.2, 0.25) is 0 Å². The van der Waals surface area contributed by atoms with Crippen molar-refractivity contribution in [1.82, 2.24) is 0 Å². The molecule has 4 nitrogen and oxygen atoms in total. The minimum atomic E-state index is -0.630. The summed E-state index contributed by atoms with van der Waals surface area (Å²) in [5.41, 5.74) is 10.5. The van der Waals surface area contributed by atoms with Crippen molar-refractivity contribution in [2.45, 2.75) is 38.3 Å². The van der Waals surface area contributed by atoms with Gasteiger partial charge in [0.25, 0.3) is 0 Å². The average molecular weight is 190 g/mol. The fraction of sp³-hybridized carbons (Fsp3) is 1.00. The van der Waals surface area contributed by atoms with Crippen molar-refractivity contribution >= 4 is 0 Å². The van der Waals surface area contributed by atoms with Gasteiger partial charge in [0.15, 0.2) is 0 Å². The maximum absolute atomic E-state index is 9.82. The van der Waals surface area contributed by atoms with Crippen LogP contribution in [0, 0.1) is 5.92 Å². The van der Waals surface area contributed by atoms with Crippen LogP contribution in [-0.4, -0.2) is 35.0 Å². The quantitative estimate of drug-likeness (QED) is 0.451. The highest BCUT2D eigenvalue weighted by atomic mass is 16.3. The van der Waals surface area contributed by atoms with Gasteiger partial charge < -0.3 is 21.7 Å². The van der Waals surface area contributed by atoms with Gasteiger partial charge in [-0.05, 0) is 39.2 Å². The van der Waals surface area contributed by atoms with Gasteiger partial charge in [-0.2, -0.15) is 0 Å². The summed E-state index contributed by atoms with van der Waals surface area (Å²) in [6.45, 7) is 4.13. The summed E-state index contributed by atoms with van der Waals surface area (Å²) in [5, 5.41) is 18.6. The van der Waals surface area contributed by atoms with Gasteiger partial charge in [-0.15, -0.1) is 0 Å². The van der Waals surface area contributed by atoms with E-state index < -0.39 is 11.6 Å². The normalized spacial score (nSPS) is 17.1. The van der Waals surface area contributed by atoms with E-state index in [1.807, 2.05) is 0 Å². The first kappa shape index (κ1) is 12.8. The molecule has 0 bridgehead atoms. The molecule has 0 spiro atoms. The number of aliphatic hydroxyl groups is 2. The molecule has 0 fully saturated rings. The smallest absolute Gasteiger partial charge is 0.0743 e. The third kappa shape index (κ3) is 4.57. The fourth-order valence-corrected chi connectivity index (χ4v) is 1.45. The van der Waals surface area contributed by atoms with Crippen LogP contribution in [0.4, 0.5) is 0 Å². The molecule has 0 aliphatic carbocycles. The number of nitrogens with two attached hydrogens (primary N) is 2. The first-order valence-corrected chi connectivity index (χ1v) is 4.71. The molecule has 80 valence electrons. The molecule has 2 unspecified atom stereocenters. The highest BCUT2D eigenvalue weighted by Gasteiger charge is 2.29. The maximum Gasteiger partial charge on any atom is 0.0743 e. The molecular weight excluding hydrogens is 168 g/mol. The van der Waals surface area contributed by atoms with E-state index in [-0.39, 0.29) is 12.5 Å². The summed E-state index contributed by atoms with van der Waals surface area (Å²) in [6.07, 6.45) is 0.643. The van der Waals surface area contributed by atoms with Crippen LogP contribution in [0.25, 0.3) is 0 Å². The summed E-state index contributed by atoms with van der Waals surface area (Å²) in [5.74, 6) is -0.00463. The van der Waals surface area contributed by atoms with Crippen molar-refractivity contribution < 1.29 is 10.2 Å². The molecule has 0 aliphatic heterocycles. The van der Waals surface area contributed by atoms with Gasteiger partial charge >= 0.3 is 0 Å². The highest BCUT2D eigenvalue weighted by molar-refractivity contribution is 4.86. The van der Waals surface area contributed by atoms with Crippen LogP contribution in [-0.2, 0) is 0 Å². The zero-order chi connectivity index (χ0) is 10.5. The number of rotatable bonds is 6. The zero-order valence-corrected chi connectivity index (χ0v) is 8.53. The summed E-state index contributed by atoms with van der Waals surface area (Å²) in [6, 6.07) is 0. The van der Waals surface area contributed by atoms with Crippen LogP contribution >= 0.6 is 0 Å². The van der Waals surface area contributed by atoms with E-state index in [0.29, 0.717) is 19.4 Å². The number of hydrogen-bond donors (Lipinski definition) is 4. The molecule has 13 heavy (non-hydrogen) atoms. The van der Waals surface area contributed by atoms with Crippen molar-refractivity contribution in [2.24, 2.45) is 17.4 Å². The predicted octanol–water partition coefficient (Wildman–Crippen LogP) is -0.568. The molecule has 0 aromatic rings. The molecule has 2 atom stereocenters. The summed E-state index contributed by atoms with van der Waals surface area (Å²) >= 11 is 0. The minimum absolute atomic E-state index is 0.00463. The van der Waals surface area contributed by atoms with E-state index in [2.05, 4.69) is 0 Å². The highest BCUT2D eigenvalue weighted by Crippen LogP contribution is 2.20. The number of hydrogen-bond acceptors (Lipinski definition) is 4. The lowest BCUT2D eigenvalue weighted by Crippen LogP contribution is -2.49. The second-order valence-corrected chi connectivity index (χ2v) is 4.12. The molecule has 0 heterocycles. The van der Waals surface area contributed by atoms with Crippen LogP contribution in [0.1, 0.15) is 26.7 Å². The third-order valence-electron chi connectivity index (χ3n) is 2.25. The standard InChI is InChI=1S/C9H22N2O2/c1-9(2,11)8(13)7(3-5-10)4-6-12/h7-8,12-13H,3-6,10-11H2,1-2H3. The summed E-state index contributed by atoms with van der Waals surface area (Å²) in [4.78, 5) is 0. The van der Waals surface area contributed by atoms with Gasteiger partial charge in [0.05, 0.1) is 6.10 Å². The largest absolute Gasteiger partial charge is 0.396 e. The van der Waals surface area contributed by atoms with Crippen LogP contribution in [0.3, 0.4) is 0 Å². The van der Waals surface area contributed by atoms with E-state index in [1.54, 1.807) is 13.8 Å². The lowest BCUT2D eigenvalue weighted by Gasteiger charge is -2.32. The van der Waals surface area contributed by atoms with E-state index in [4.69, 9.17) is 16.6 Å². The molecular formula is C9H22N2O2. The Morgan fingerprint density at radius 1 is 1.31 bits per heavy atom. The Morgan fingerprint density at radius 3 is 2.15 bits per heavy atom. The molecule has 0 aromatic carbocycles. The van der Waals surface area contributed by atoms with Gasteiger partial charge in [-0.3, -0.25) is 0 Å². The Hall–Kier alpha value is -0.160. The Labute approximate surface area is 79.9 Å². The molecule has 0 aromatic heterocycles. The Kier molecular flexibility index (Phi) is 5.48. The Balaban J connectivity index is 4.18. The van der Waals surface area contributed by atoms with Crippen molar-refractivity contribution in [1.29, 1.82) is 0 Å². The van der Waals surface area contributed by atoms with Crippen LogP contribution in [0.15, 0.2) is 0 Å². The van der Waals surface area contributed by atoms with E-state index in [0.717, 1.165) is 0 Å². The fourth-order valence-electron chi connectivity index (χ4n) is 1.45. The summed E-state index contributed by atoms with van der Waals surface area (Å²) < 4.78 is 0. The van der Waals surface area contributed by atoms with Crippen LogP contribution < -0.4 is 11.5 Å². The molecule has 4 heteroatoms. The van der Waals surface area contributed by atoms with Crippen LogP contribution in [0.2, 0.25) is 0 Å². The van der Waals surface area contributed by atoms with Crippen molar-refractivity contribution in [2.75, 3.05) is 13.2 Å². The van der Waals surface area contributed by atoms with Crippen LogP contribution in [0.5, 0.6) is 0 Å². The molecule has 0 aliphatic rings. The topological polar surface area (TPSA) is 92.5 Å². The van der Waals surface area contributed by atoms with Gasteiger partial charge in [-0.1, -0.05) is 0 Å². The van der Waals surface area contributed by atoms with Gasteiger partial charge in [0, 0.05) is 12.1 Å². The van der Waals surface area contributed by atoms with E-state index in [1.165, 1.54) is 0 Å².